The molecule has 1 fully saturated rings. The second-order valence-electron chi connectivity index (χ2n) is 5.28. The van der Waals surface area contributed by atoms with Gasteiger partial charge in [0.1, 0.15) is 5.82 Å². The topological polar surface area (TPSA) is 62.7 Å². The Morgan fingerprint density at radius 3 is 2.81 bits per heavy atom. The zero-order chi connectivity index (χ0) is 14.5. The van der Waals surface area contributed by atoms with Gasteiger partial charge in [0.15, 0.2) is 5.82 Å². The summed E-state index contributed by atoms with van der Waals surface area (Å²) >= 11 is 0. The molecule has 1 aliphatic rings. The molecule has 1 aliphatic carbocycles. The van der Waals surface area contributed by atoms with Gasteiger partial charge in [0.25, 0.3) is 0 Å². The van der Waals surface area contributed by atoms with Crippen molar-refractivity contribution >= 4 is 17.5 Å². The Labute approximate surface area is 123 Å². The maximum absolute atomic E-state index is 13.2. The minimum Gasteiger partial charge on any atom is -0.350 e. The van der Waals surface area contributed by atoms with Crippen LogP contribution in [0.3, 0.4) is 0 Å². The molecule has 1 heterocycles. The summed E-state index contributed by atoms with van der Waals surface area (Å²) in [6.45, 7) is 0. The smallest absolute Gasteiger partial charge is 0.244 e. The van der Waals surface area contributed by atoms with Crippen molar-refractivity contribution in [2.24, 2.45) is 0 Å². The number of halogens is 1. The van der Waals surface area contributed by atoms with Gasteiger partial charge in [-0.05, 0) is 31.0 Å². The van der Waals surface area contributed by atoms with E-state index in [1.54, 1.807) is 12.1 Å². The molecular formula is C15H18FN5. The van der Waals surface area contributed by atoms with E-state index in [0.717, 1.165) is 12.8 Å². The monoisotopic (exact) mass is 287 g/mol. The molecule has 3 rings (SSSR count). The molecule has 0 unspecified atom stereocenters. The largest absolute Gasteiger partial charge is 0.350 e. The van der Waals surface area contributed by atoms with Gasteiger partial charge in [-0.3, -0.25) is 0 Å². The van der Waals surface area contributed by atoms with Crippen LogP contribution in [-0.2, 0) is 0 Å². The Bertz CT molecular complexity index is 598. The van der Waals surface area contributed by atoms with Gasteiger partial charge in [0.2, 0.25) is 5.95 Å². The maximum atomic E-state index is 13.2. The van der Waals surface area contributed by atoms with Crippen molar-refractivity contribution in [3.05, 3.63) is 36.3 Å². The normalized spacial score (nSPS) is 15.7. The molecule has 2 aromatic rings. The van der Waals surface area contributed by atoms with Gasteiger partial charge in [-0.2, -0.15) is 10.1 Å². The van der Waals surface area contributed by atoms with E-state index in [0.29, 0.717) is 23.5 Å². The molecular weight excluding hydrogens is 269 g/mol. The zero-order valence-electron chi connectivity index (χ0n) is 11.7. The van der Waals surface area contributed by atoms with Gasteiger partial charge < -0.3 is 10.6 Å². The lowest BCUT2D eigenvalue weighted by atomic mass is 9.96. The first kappa shape index (κ1) is 13.7. The first-order valence-corrected chi connectivity index (χ1v) is 7.28. The van der Waals surface area contributed by atoms with Crippen LogP contribution >= 0.6 is 0 Å². The van der Waals surface area contributed by atoms with E-state index in [1.807, 2.05) is 0 Å². The van der Waals surface area contributed by atoms with E-state index in [2.05, 4.69) is 25.8 Å². The van der Waals surface area contributed by atoms with Crippen LogP contribution in [0.4, 0.5) is 21.8 Å². The van der Waals surface area contributed by atoms with Gasteiger partial charge in [-0.15, -0.1) is 5.10 Å². The van der Waals surface area contributed by atoms with Gasteiger partial charge in [0, 0.05) is 11.7 Å². The second-order valence-corrected chi connectivity index (χ2v) is 5.28. The molecule has 1 aromatic heterocycles. The van der Waals surface area contributed by atoms with Gasteiger partial charge in [-0.25, -0.2) is 4.39 Å². The Morgan fingerprint density at radius 1 is 1.14 bits per heavy atom. The predicted octanol–water partition coefficient (Wildman–Crippen LogP) is 3.50. The minimum atomic E-state index is -0.289. The first-order chi connectivity index (χ1) is 10.3. The van der Waals surface area contributed by atoms with E-state index in [-0.39, 0.29) is 5.82 Å². The highest BCUT2D eigenvalue weighted by atomic mass is 19.1. The molecule has 0 radical (unpaired) electrons. The SMILES string of the molecule is Fc1cccc(Nc2cnnc(NC3CCCCC3)n2)c1. The number of nitrogens with one attached hydrogen (secondary N) is 2. The third-order valence-corrected chi connectivity index (χ3v) is 3.59. The zero-order valence-corrected chi connectivity index (χ0v) is 11.7. The third-order valence-electron chi connectivity index (χ3n) is 3.59. The summed E-state index contributed by atoms with van der Waals surface area (Å²) in [7, 11) is 0. The van der Waals surface area contributed by atoms with E-state index in [1.165, 1.54) is 37.6 Å². The predicted molar refractivity (Wildman–Crippen MR) is 80.0 cm³/mol. The molecule has 0 bridgehead atoms. The van der Waals surface area contributed by atoms with Crippen molar-refractivity contribution in [2.45, 2.75) is 38.1 Å². The van der Waals surface area contributed by atoms with Crippen LogP contribution in [0.25, 0.3) is 0 Å². The molecule has 110 valence electrons. The van der Waals surface area contributed by atoms with Gasteiger partial charge >= 0.3 is 0 Å². The van der Waals surface area contributed by atoms with Gasteiger partial charge in [0.05, 0.1) is 6.20 Å². The minimum absolute atomic E-state index is 0.289. The Kier molecular flexibility index (Phi) is 4.23. The molecule has 6 heteroatoms. The summed E-state index contributed by atoms with van der Waals surface area (Å²) < 4.78 is 13.2. The number of hydrogen-bond acceptors (Lipinski definition) is 5. The Morgan fingerprint density at radius 2 is 2.00 bits per heavy atom. The highest BCUT2D eigenvalue weighted by Crippen LogP contribution is 2.21. The molecule has 0 aliphatic heterocycles. The number of rotatable bonds is 4. The fraction of sp³-hybridized carbons (Fsp3) is 0.400. The lowest BCUT2D eigenvalue weighted by Gasteiger charge is -2.22. The highest BCUT2D eigenvalue weighted by molar-refractivity contribution is 5.55. The summed E-state index contributed by atoms with van der Waals surface area (Å²) in [5.74, 6) is 0.778. The van der Waals surface area contributed by atoms with E-state index >= 15 is 0 Å². The van der Waals surface area contributed by atoms with E-state index in [9.17, 15) is 4.39 Å². The molecule has 2 N–H and O–H groups in total. The number of aromatic nitrogens is 3. The maximum Gasteiger partial charge on any atom is 0.244 e. The van der Waals surface area contributed by atoms with Gasteiger partial charge in [-0.1, -0.05) is 25.3 Å². The van der Waals surface area contributed by atoms with Crippen LogP contribution in [0, 0.1) is 5.82 Å². The first-order valence-electron chi connectivity index (χ1n) is 7.28. The molecule has 1 aromatic carbocycles. The quantitative estimate of drug-likeness (QED) is 0.901. The molecule has 5 nitrogen and oxygen atoms in total. The number of anilines is 3. The van der Waals surface area contributed by atoms with Crippen molar-refractivity contribution in [3.63, 3.8) is 0 Å². The lowest BCUT2D eigenvalue weighted by molar-refractivity contribution is 0.460. The number of nitrogens with zero attached hydrogens (tertiary/aromatic N) is 3. The van der Waals surface area contributed by atoms with Crippen LogP contribution in [0.5, 0.6) is 0 Å². The molecule has 21 heavy (non-hydrogen) atoms. The molecule has 0 atom stereocenters. The van der Waals surface area contributed by atoms with Crippen molar-refractivity contribution in [2.75, 3.05) is 10.6 Å². The summed E-state index contributed by atoms with van der Waals surface area (Å²) in [6.07, 6.45) is 7.60. The molecule has 0 spiro atoms. The van der Waals surface area contributed by atoms with Crippen LogP contribution in [0.2, 0.25) is 0 Å². The van der Waals surface area contributed by atoms with Crippen molar-refractivity contribution in [1.82, 2.24) is 15.2 Å². The fourth-order valence-corrected chi connectivity index (χ4v) is 2.57. The Hall–Kier alpha value is -2.24. The van der Waals surface area contributed by atoms with Crippen molar-refractivity contribution in [3.8, 4) is 0 Å². The molecule has 0 amide bonds. The summed E-state index contributed by atoms with van der Waals surface area (Å²) in [5, 5.41) is 14.3. The standard InChI is InChI=1S/C15H18FN5/c16-11-5-4-8-13(9-11)18-14-10-17-21-15(20-14)19-12-6-2-1-3-7-12/h4-5,8-10,12H,1-3,6-7H2,(H2,18,19,20,21). The number of hydrogen-bond donors (Lipinski definition) is 2. The molecule has 1 saturated carbocycles. The second kappa shape index (κ2) is 6.47. The summed E-state index contributed by atoms with van der Waals surface area (Å²) in [5.41, 5.74) is 0.638. The average molecular weight is 287 g/mol. The number of benzene rings is 1. The fourth-order valence-electron chi connectivity index (χ4n) is 2.57. The summed E-state index contributed by atoms with van der Waals surface area (Å²) in [4.78, 5) is 4.37. The third kappa shape index (κ3) is 3.87. The van der Waals surface area contributed by atoms with Crippen LogP contribution in [0.15, 0.2) is 30.5 Å². The van der Waals surface area contributed by atoms with Crippen LogP contribution < -0.4 is 10.6 Å². The van der Waals surface area contributed by atoms with Crippen LogP contribution in [-0.4, -0.2) is 21.2 Å². The van der Waals surface area contributed by atoms with Crippen molar-refractivity contribution in [1.29, 1.82) is 0 Å². The van der Waals surface area contributed by atoms with E-state index < -0.39 is 0 Å². The highest BCUT2D eigenvalue weighted by Gasteiger charge is 2.14. The van der Waals surface area contributed by atoms with E-state index in [4.69, 9.17) is 0 Å². The molecule has 0 saturated heterocycles. The average Bonchev–Trinajstić information content (AvgIpc) is 2.49. The Balaban J connectivity index is 1.67. The van der Waals surface area contributed by atoms with Crippen LogP contribution in [0.1, 0.15) is 32.1 Å². The summed E-state index contributed by atoms with van der Waals surface area (Å²) in [6, 6.07) is 6.66. The van der Waals surface area contributed by atoms with Crippen molar-refractivity contribution < 1.29 is 4.39 Å². The lowest BCUT2D eigenvalue weighted by Crippen LogP contribution is -2.23.